The monoisotopic (exact) mass is 486 g/mol. The van der Waals surface area contributed by atoms with Crippen LogP contribution in [-0.4, -0.2) is 65.7 Å². The van der Waals surface area contributed by atoms with E-state index in [4.69, 9.17) is 9.26 Å². The molecule has 0 radical (unpaired) electrons. The van der Waals surface area contributed by atoms with Crippen molar-refractivity contribution in [1.82, 2.24) is 25.3 Å². The molecule has 0 saturated carbocycles. The standard InChI is InChI=1S/C18H26N6O2.HI/c1-3-25-17-12-15(4-6-20-17)13-21-18(19-2)24-9-7-23(8-10-24)14-16-5-11-26-22-16;/h4-6,11-12H,3,7-10,13-14H2,1-2H3,(H,19,21);1H. The molecular formula is C18H27IN6O2. The summed E-state index contributed by atoms with van der Waals surface area (Å²) in [5, 5.41) is 7.41. The number of hydrogen-bond acceptors (Lipinski definition) is 6. The van der Waals surface area contributed by atoms with Crippen LogP contribution >= 0.6 is 24.0 Å². The summed E-state index contributed by atoms with van der Waals surface area (Å²) in [6.45, 7) is 7.88. The van der Waals surface area contributed by atoms with Gasteiger partial charge in [-0.1, -0.05) is 5.16 Å². The molecule has 1 fully saturated rings. The number of halogens is 1. The van der Waals surface area contributed by atoms with Crippen LogP contribution in [0.5, 0.6) is 5.88 Å². The van der Waals surface area contributed by atoms with Crippen molar-refractivity contribution < 1.29 is 9.26 Å². The Morgan fingerprint density at radius 1 is 1.30 bits per heavy atom. The molecule has 0 aromatic carbocycles. The van der Waals surface area contributed by atoms with Crippen LogP contribution in [0.25, 0.3) is 0 Å². The Bertz CT molecular complexity index is 702. The first-order valence-corrected chi connectivity index (χ1v) is 8.93. The van der Waals surface area contributed by atoms with Crippen LogP contribution in [0.1, 0.15) is 18.2 Å². The van der Waals surface area contributed by atoms with E-state index in [1.54, 1.807) is 12.5 Å². The summed E-state index contributed by atoms with van der Waals surface area (Å²) in [6.07, 6.45) is 3.39. The number of guanidine groups is 1. The number of pyridine rings is 1. The van der Waals surface area contributed by atoms with E-state index in [1.807, 2.05) is 32.2 Å². The van der Waals surface area contributed by atoms with Crippen molar-refractivity contribution in [1.29, 1.82) is 0 Å². The molecule has 0 atom stereocenters. The number of ether oxygens (including phenoxy) is 1. The molecular weight excluding hydrogens is 459 g/mol. The van der Waals surface area contributed by atoms with Crippen molar-refractivity contribution in [3.05, 3.63) is 41.9 Å². The van der Waals surface area contributed by atoms with Gasteiger partial charge in [0, 0.05) is 64.6 Å². The predicted octanol–water partition coefficient (Wildman–Crippen LogP) is 1.98. The van der Waals surface area contributed by atoms with Gasteiger partial charge in [-0.15, -0.1) is 24.0 Å². The minimum absolute atomic E-state index is 0. The maximum atomic E-state index is 5.45. The van der Waals surface area contributed by atoms with Crippen LogP contribution < -0.4 is 10.1 Å². The van der Waals surface area contributed by atoms with E-state index in [0.29, 0.717) is 19.0 Å². The highest BCUT2D eigenvalue weighted by molar-refractivity contribution is 14.0. The number of nitrogens with one attached hydrogen (secondary N) is 1. The van der Waals surface area contributed by atoms with Crippen molar-refractivity contribution in [3.63, 3.8) is 0 Å². The van der Waals surface area contributed by atoms with Gasteiger partial charge in [0.25, 0.3) is 0 Å². The molecule has 148 valence electrons. The Morgan fingerprint density at radius 2 is 2.11 bits per heavy atom. The quantitative estimate of drug-likeness (QED) is 0.380. The minimum atomic E-state index is 0. The number of aliphatic imine (C=N–C) groups is 1. The van der Waals surface area contributed by atoms with Crippen LogP contribution in [-0.2, 0) is 13.1 Å². The topological polar surface area (TPSA) is 79.0 Å². The Labute approximate surface area is 177 Å². The second kappa shape index (κ2) is 11.1. The average molecular weight is 486 g/mol. The fraction of sp³-hybridized carbons (Fsp3) is 0.500. The van der Waals surface area contributed by atoms with Crippen molar-refractivity contribution in [2.24, 2.45) is 4.99 Å². The molecule has 0 unspecified atom stereocenters. The van der Waals surface area contributed by atoms with Gasteiger partial charge < -0.3 is 19.5 Å². The van der Waals surface area contributed by atoms with Crippen molar-refractivity contribution in [2.45, 2.75) is 20.0 Å². The van der Waals surface area contributed by atoms with Gasteiger partial charge in [-0.25, -0.2) is 4.98 Å². The third kappa shape index (κ3) is 6.35. The molecule has 0 spiro atoms. The summed E-state index contributed by atoms with van der Waals surface area (Å²) < 4.78 is 10.4. The number of piperazine rings is 1. The lowest BCUT2D eigenvalue weighted by atomic mass is 10.2. The zero-order valence-corrected chi connectivity index (χ0v) is 18.1. The maximum Gasteiger partial charge on any atom is 0.213 e. The highest BCUT2D eigenvalue weighted by Gasteiger charge is 2.20. The first-order chi connectivity index (χ1) is 12.8. The van der Waals surface area contributed by atoms with Gasteiger partial charge in [0.15, 0.2) is 5.96 Å². The van der Waals surface area contributed by atoms with E-state index in [-0.39, 0.29) is 24.0 Å². The molecule has 1 aliphatic heterocycles. The smallest absolute Gasteiger partial charge is 0.213 e. The summed E-state index contributed by atoms with van der Waals surface area (Å²) >= 11 is 0. The second-order valence-corrected chi connectivity index (χ2v) is 6.09. The van der Waals surface area contributed by atoms with E-state index in [9.17, 15) is 0 Å². The second-order valence-electron chi connectivity index (χ2n) is 6.09. The van der Waals surface area contributed by atoms with Gasteiger partial charge in [0.1, 0.15) is 6.26 Å². The first-order valence-electron chi connectivity index (χ1n) is 8.93. The van der Waals surface area contributed by atoms with Gasteiger partial charge >= 0.3 is 0 Å². The summed E-state index contributed by atoms with van der Waals surface area (Å²) in [5.41, 5.74) is 2.10. The van der Waals surface area contributed by atoms with E-state index in [1.165, 1.54) is 0 Å². The van der Waals surface area contributed by atoms with E-state index < -0.39 is 0 Å². The molecule has 2 aromatic heterocycles. The Balaban J connectivity index is 0.00000261. The number of hydrogen-bond donors (Lipinski definition) is 1. The van der Waals surface area contributed by atoms with Crippen LogP contribution in [0.4, 0.5) is 0 Å². The number of rotatable bonds is 6. The van der Waals surface area contributed by atoms with E-state index in [0.717, 1.165) is 49.9 Å². The van der Waals surface area contributed by atoms with Gasteiger partial charge in [-0.2, -0.15) is 0 Å². The summed E-state index contributed by atoms with van der Waals surface area (Å²) in [5.74, 6) is 1.57. The molecule has 2 aromatic rings. The predicted molar refractivity (Wildman–Crippen MR) is 114 cm³/mol. The Morgan fingerprint density at radius 3 is 2.78 bits per heavy atom. The van der Waals surface area contributed by atoms with E-state index in [2.05, 4.69) is 30.2 Å². The van der Waals surface area contributed by atoms with Crippen molar-refractivity contribution in [2.75, 3.05) is 39.8 Å². The molecule has 1 N–H and O–H groups in total. The van der Waals surface area contributed by atoms with Crippen LogP contribution in [0, 0.1) is 0 Å². The highest BCUT2D eigenvalue weighted by Crippen LogP contribution is 2.10. The normalized spacial score (nSPS) is 15.3. The summed E-state index contributed by atoms with van der Waals surface area (Å²) in [4.78, 5) is 13.3. The minimum Gasteiger partial charge on any atom is -0.478 e. The fourth-order valence-electron chi connectivity index (χ4n) is 2.97. The Hall–Kier alpha value is -1.88. The van der Waals surface area contributed by atoms with Crippen molar-refractivity contribution >= 4 is 29.9 Å². The molecule has 0 aliphatic carbocycles. The molecule has 0 amide bonds. The zero-order chi connectivity index (χ0) is 18.2. The number of nitrogens with zero attached hydrogens (tertiary/aromatic N) is 5. The summed E-state index contributed by atoms with van der Waals surface area (Å²) in [6, 6.07) is 5.86. The molecule has 3 rings (SSSR count). The summed E-state index contributed by atoms with van der Waals surface area (Å²) in [7, 11) is 1.82. The first kappa shape index (κ1) is 21.4. The lowest BCUT2D eigenvalue weighted by Gasteiger charge is -2.36. The highest BCUT2D eigenvalue weighted by atomic mass is 127. The molecule has 0 bridgehead atoms. The molecule has 8 nitrogen and oxygen atoms in total. The SMILES string of the molecule is CCOc1cc(CNC(=NC)N2CCN(Cc3ccon3)CC2)ccn1.I. The maximum absolute atomic E-state index is 5.45. The largest absolute Gasteiger partial charge is 0.478 e. The Kier molecular flexibility index (Phi) is 8.79. The zero-order valence-electron chi connectivity index (χ0n) is 15.8. The third-order valence-electron chi connectivity index (χ3n) is 4.30. The van der Waals surface area contributed by atoms with Gasteiger partial charge in [0.05, 0.1) is 12.3 Å². The third-order valence-corrected chi connectivity index (χ3v) is 4.30. The molecule has 9 heteroatoms. The lowest BCUT2D eigenvalue weighted by Crippen LogP contribution is -2.52. The van der Waals surface area contributed by atoms with Gasteiger partial charge in [-0.05, 0) is 18.6 Å². The van der Waals surface area contributed by atoms with Crippen molar-refractivity contribution in [3.8, 4) is 5.88 Å². The van der Waals surface area contributed by atoms with Crippen LogP contribution in [0.3, 0.4) is 0 Å². The molecule has 3 heterocycles. The lowest BCUT2D eigenvalue weighted by molar-refractivity contribution is 0.169. The van der Waals surface area contributed by atoms with E-state index >= 15 is 0 Å². The molecule has 1 saturated heterocycles. The fourth-order valence-corrected chi connectivity index (χ4v) is 2.97. The molecule has 1 aliphatic rings. The van der Waals surface area contributed by atoms with Gasteiger partial charge in [0.2, 0.25) is 5.88 Å². The molecule has 27 heavy (non-hydrogen) atoms. The van der Waals surface area contributed by atoms with Crippen LogP contribution in [0.15, 0.2) is 40.2 Å². The van der Waals surface area contributed by atoms with Crippen LogP contribution in [0.2, 0.25) is 0 Å². The van der Waals surface area contributed by atoms with Gasteiger partial charge in [-0.3, -0.25) is 9.89 Å². The average Bonchev–Trinajstić information content (AvgIpc) is 3.17. The number of aromatic nitrogens is 2.